The summed E-state index contributed by atoms with van der Waals surface area (Å²) in [6.07, 6.45) is 1.58. The van der Waals surface area contributed by atoms with Gasteiger partial charge in [-0.1, -0.05) is 0 Å². The Morgan fingerprint density at radius 3 is 3.05 bits per heavy atom. The highest BCUT2D eigenvalue weighted by Crippen LogP contribution is 2.25. The highest BCUT2D eigenvalue weighted by Gasteiger charge is 2.34. The molecule has 104 valence electrons. The maximum absolute atomic E-state index is 11.7. The van der Waals surface area contributed by atoms with Crippen LogP contribution in [0.3, 0.4) is 0 Å². The predicted octanol–water partition coefficient (Wildman–Crippen LogP) is -1.79. The van der Waals surface area contributed by atoms with Gasteiger partial charge in [-0.2, -0.15) is 0 Å². The molecule has 0 radical (unpaired) electrons. The normalized spacial score (nSPS) is 26.3. The maximum Gasteiger partial charge on any atom is 0.330 e. The van der Waals surface area contributed by atoms with Crippen LogP contribution in [0.15, 0.2) is 15.8 Å². The largest absolute Gasteiger partial charge is 0.356 e. The number of rotatable bonds is 4. The van der Waals surface area contributed by atoms with Crippen molar-refractivity contribution in [3.63, 3.8) is 0 Å². The molecule has 2 heterocycles. The van der Waals surface area contributed by atoms with Gasteiger partial charge in [0.1, 0.15) is 6.23 Å². The summed E-state index contributed by atoms with van der Waals surface area (Å²) in [5.41, 5.74) is 5.37. The molecule has 1 saturated heterocycles. The fourth-order valence-electron chi connectivity index (χ4n) is 2.09. The minimum atomic E-state index is -0.531. The summed E-state index contributed by atoms with van der Waals surface area (Å²) in [6, 6.07) is -0.281. The molecule has 8 heteroatoms. The van der Waals surface area contributed by atoms with Crippen molar-refractivity contribution < 1.29 is 9.53 Å². The van der Waals surface area contributed by atoms with Gasteiger partial charge < -0.3 is 15.8 Å². The predicted molar refractivity (Wildman–Crippen MR) is 66.6 cm³/mol. The summed E-state index contributed by atoms with van der Waals surface area (Å²) < 4.78 is 6.95. The lowest BCUT2D eigenvalue weighted by Crippen LogP contribution is -2.38. The standard InChI is InChI=1S/C11H16N4O4/c1-6-4-15(11(18)14-10(6)17)9-2-7(12)8(19-9)3-13-5-16/h4-5,7-9H,2-3,12H2,1H3,(H,13,16)(H,14,17,18)/t7-,8+,9+/m0/s1. The van der Waals surface area contributed by atoms with Crippen LogP contribution in [0.4, 0.5) is 0 Å². The summed E-state index contributed by atoms with van der Waals surface area (Å²) >= 11 is 0. The number of H-pyrrole nitrogens is 1. The lowest BCUT2D eigenvalue weighted by atomic mass is 10.1. The molecule has 1 aromatic rings. The zero-order chi connectivity index (χ0) is 14.0. The fraction of sp³-hybridized carbons (Fsp3) is 0.545. The van der Waals surface area contributed by atoms with Crippen molar-refractivity contribution >= 4 is 6.41 Å². The lowest BCUT2D eigenvalue weighted by Gasteiger charge is -2.16. The average molecular weight is 268 g/mol. The zero-order valence-corrected chi connectivity index (χ0v) is 10.5. The molecule has 2 rings (SSSR count). The number of hydrogen-bond donors (Lipinski definition) is 3. The molecule has 0 unspecified atom stereocenters. The Morgan fingerprint density at radius 2 is 2.37 bits per heavy atom. The van der Waals surface area contributed by atoms with Gasteiger partial charge in [-0.3, -0.25) is 19.1 Å². The summed E-state index contributed by atoms with van der Waals surface area (Å²) in [6.45, 7) is 1.90. The fourth-order valence-corrected chi connectivity index (χ4v) is 2.09. The molecular formula is C11H16N4O4. The van der Waals surface area contributed by atoms with Crippen LogP contribution in [-0.2, 0) is 9.53 Å². The van der Waals surface area contributed by atoms with E-state index in [0.717, 1.165) is 0 Å². The second-order valence-corrected chi connectivity index (χ2v) is 4.53. The first kappa shape index (κ1) is 13.5. The number of nitrogens with one attached hydrogen (secondary N) is 2. The molecule has 0 saturated carbocycles. The molecule has 4 N–H and O–H groups in total. The highest BCUT2D eigenvalue weighted by atomic mass is 16.5. The van der Waals surface area contributed by atoms with Gasteiger partial charge in [-0.05, 0) is 6.92 Å². The van der Waals surface area contributed by atoms with Crippen molar-refractivity contribution in [2.45, 2.75) is 31.7 Å². The van der Waals surface area contributed by atoms with E-state index in [-0.39, 0.29) is 18.7 Å². The minimum absolute atomic E-state index is 0.281. The van der Waals surface area contributed by atoms with Gasteiger partial charge in [0.05, 0.1) is 6.10 Å². The van der Waals surface area contributed by atoms with E-state index in [1.54, 1.807) is 6.92 Å². The third kappa shape index (κ3) is 2.74. The number of carbonyl (C=O) groups excluding carboxylic acids is 1. The van der Waals surface area contributed by atoms with Crippen LogP contribution in [0.1, 0.15) is 18.2 Å². The van der Waals surface area contributed by atoms with Crippen molar-refractivity contribution in [2.24, 2.45) is 5.73 Å². The van der Waals surface area contributed by atoms with Crippen LogP contribution < -0.4 is 22.3 Å². The van der Waals surface area contributed by atoms with Crippen LogP contribution >= 0.6 is 0 Å². The van der Waals surface area contributed by atoms with Crippen LogP contribution in [0.25, 0.3) is 0 Å². The van der Waals surface area contributed by atoms with Gasteiger partial charge in [0.15, 0.2) is 0 Å². The Hall–Kier alpha value is -1.93. The number of nitrogens with zero attached hydrogens (tertiary/aromatic N) is 1. The number of nitrogens with two attached hydrogens (primary N) is 1. The topological polar surface area (TPSA) is 119 Å². The van der Waals surface area contributed by atoms with Crippen LogP contribution in [0, 0.1) is 6.92 Å². The molecule has 3 atom stereocenters. The number of hydrogen-bond acceptors (Lipinski definition) is 5. The lowest BCUT2D eigenvalue weighted by molar-refractivity contribution is -0.110. The average Bonchev–Trinajstić information content (AvgIpc) is 2.72. The van der Waals surface area contributed by atoms with E-state index in [0.29, 0.717) is 18.4 Å². The van der Waals surface area contributed by atoms with Crippen molar-refractivity contribution in [3.05, 3.63) is 32.6 Å². The van der Waals surface area contributed by atoms with Crippen molar-refractivity contribution in [1.29, 1.82) is 0 Å². The number of aromatic nitrogens is 2. The van der Waals surface area contributed by atoms with Crippen LogP contribution in [0.2, 0.25) is 0 Å². The Labute approximate surface area is 108 Å². The molecule has 1 aliphatic heterocycles. The van der Waals surface area contributed by atoms with E-state index >= 15 is 0 Å². The zero-order valence-electron chi connectivity index (χ0n) is 10.5. The molecule has 0 aliphatic carbocycles. The summed E-state index contributed by atoms with van der Waals surface area (Å²) in [4.78, 5) is 35.5. The first-order valence-electron chi connectivity index (χ1n) is 5.93. The van der Waals surface area contributed by atoms with Crippen molar-refractivity contribution in [2.75, 3.05) is 6.54 Å². The Morgan fingerprint density at radius 1 is 1.63 bits per heavy atom. The van der Waals surface area contributed by atoms with E-state index in [1.807, 2.05) is 0 Å². The molecule has 19 heavy (non-hydrogen) atoms. The molecule has 1 aliphatic rings. The molecule has 0 aromatic carbocycles. The number of aryl methyl sites for hydroxylation is 1. The maximum atomic E-state index is 11.7. The molecule has 0 bridgehead atoms. The van der Waals surface area contributed by atoms with Crippen LogP contribution in [0.5, 0.6) is 0 Å². The van der Waals surface area contributed by atoms with Gasteiger partial charge in [0.2, 0.25) is 6.41 Å². The van der Waals surface area contributed by atoms with Gasteiger partial charge in [-0.15, -0.1) is 0 Å². The van der Waals surface area contributed by atoms with Crippen LogP contribution in [-0.4, -0.2) is 34.7 Å². The molecule has 1 fully saturated rings. The summed E-state index contributed by atoms with van der Waals surface area (Å²) in [5.74, 6) is 0. The van der Waals surface area contributed by atoms with E-state index in [9.17, 15) is 14.4 Å². The first-order valence-corrected chi connectivity index (χ1v) is 5.93. The third-order valence-corrected chi connectivity index (χ3v) is 3.14. The summed E-state index contributed by atoms with van der Waals surface area (Å²) in [7, 11) is 0. The number of aromatic amines is 1. The summed E-state index contributed by atoms with van der Waals surface area (Å²) in [5, 5.41) is 2.50. The van der Waals surface area contributed by atoms with Gasteiger partial charge in [-0.25, -0.2) is 4.79 Å². The van der Waals surface area contributed by atoms with Crippen molar-refractivity contribution in [3.8, 4) is 0 Å². The van der Waals surface area contributed by atoms with E-state index in [1.165, 1.54) is 10.8 Å². The number of amides is 1. The second-order valence-electron chi connectivity index (χ2n) is 4.53. The number of carbonyl (C=O) groups is 1. The molecule has 1 amide bonds. The molecule has 1 aromatic heterocycles. The van der Waals surface area contributed by atoms with E-state index in [2.05, 4.69) is 10.3 Å². The number of ether oxygens (including phenoxy) is 1. The third-order valence-electron chi connectivity index (χ3n) is 3.14. The monoisotopic (exact) mass is 268 g/mol. The quantitative estimate of drug-likeness (QED) is 0.557. The Balaban J connectivity index is 2.20. The van der Waals surface area contributed by atoms with Gasteiger partial charge in [0, 0.05) is 30.8 Å². The SMILES string of the molecule is Cc1cn([C@H]2C[C@H](N)[C@@H](CNC=O)O2)c(=O)[nH]c1=O. The Kier molecular flexibility index (Phi) is 3.82. The molecule has 8 nitrogen and oxygen atoms in total. The molecule has 0 spiro atoms. The van der Waals surface area contributed by atoms with E-state index < -0.39 is 17.5 Å². The first-order chi connectivity index (χ1) is 9.02. The van der Waals surface area contributed by atoms with Gasteiger partial charge in [0.25, 0.3) is 5.56 Å². The smallest absolute Gasteiger partial charge is 0.330 e. The molecular weight excluding hydrogens is 252 g/mol. The van der Waals surface area contributed by atoms with Gasteiger partial charge >= 0.3 is 5.69 Å². The van der Waals surface area contributed by atoms with E-state index in [4.69, 9.17) is 10.5 Å². The second kappa shape index (κ2) is 5.37. The van der Waals surface area contributed by atoms with Crippen molar-refractivity contribution in [1.82, 2.24) is 14.9 Å². The Bertz CT molecular complexity index is 579. The minimum Gasteiger partial charge on any atom is -0.356 e. The highest BCUT2D eigenvalue weighted by molar-refractivity contribution is 5.45.